The molecule has 1 aromatic carbocycles. The fourth-order valence-electron chi connectivity index (χ4n) is 1.74. The van der Waals surface area contributed by atoms with Crippen LogP contribution in [0.15, 0.2) is 48.7 Å². The van der Waals surface area contributed by atoms with Crippen LogP contribution >= 0.6 is 0 Å². The molecule has 0 saturated heterocycles. The fourth-order valence-corrected chi connectivity index (χ4v) is 1.74. The van der Waals surface area contributed by atoms with Gasteiger partial charge in [-0.05, 0) is 43.3 Å². The lowest BCUT2D eigenvalue weighted by atomic mass is 10.3. The number of ether oxygens (including phenoxy) is 1. The van der Waals surface area contributed by atoms with Crippen molar-refractivity contribution in [2.45, 2.75) is 13.5 Å². The highest BCUT2D eigenvalue weighted by molar-refractivity contribution is 6.39. The SMILES string of the molecule is CCOc1ccc(NC(=O)C(=O)NCc2ccccn2)cc1. The summed E-state index contributed by atoms with van der Waals surface area (Å²) in [6, 6.07) is 12.2. The van der Waals surface area contributed by atoms with Crippen molar-refractivity contribution in [1.82, 2.24) is 10.3 Å². The molecule has 2 rings (SSSR count). The van der Waals surface area contributed by atoms with E-state index in [0.29, 0.717) is 23.7 Å². The molecule has 2 N–H and O–H groups in total. The summed E-state index contributed by atoms with van der Waals surface area (Å²) >= 11 is 0. The third-order valence-electron chi connectivity index (χ3n) is 2.79. The van der Waals surface area contributed by atoms with Gasteiger partial charge in [0.2, 0.25) is 0 Å². The first-order valence-corrected chi connectivity index (χ1v) is 6.91. The van der Waals surface area contributed by atoms with Gasteiger partial charge in [0.05, 0.1) is 18.8 Å². The minimum absolute atomic E-state index is 0.205. The molecule has 0 unspecified atom stereocenters. The number of nitrogens with one attached hydrogen (secondary N) is 2. The molecule has 0 saturated carbocycles. The van der Waals surface area contributed by atoms with Crippen molar-refractivity contribution in [3.8, 4) is 5.75 Å². The molecule has 0 aliphatic rings. The zero-order chi connectivity index (χ0) is 15.8. The number of aromatic nitrogens is 1. The van der Waals surface area contributed by atoms with Gasteiger partial charge in [0.1, 0.15) is 5.75 Å². The molecule has 0 atom stereocenters. The minimum Gasteiger partial charge on any atom is -0.494 e. The molecule has 6 heteroatoms. The Morgan fingerprint density at radius 1 is 1.09 bits per heavy atom. The monoisotopic (exact) mass is 299 g/mol. The van der Waals surface area contributed by atoms with Crippen LogP contribution in [0.2, 0.25) is 0 Å². The van der Waals surface area contributed by atoms with Gasteiger partial charge in [-0.2, -0.15) is 0 Å². The second kappa shape index (κ2) is 7.78. The average molecular weight is 299 g/mol. The number of rotatable bonds is 5. The number of pyridine rings is 1. The van der Waals surface area contributed by atoms with Crippen molar-refractivity contribution in [2.24, 2.45) is 0 Å². The van der Waals surface area contributed by atoms with Gasteiger partial charge in [-0.25, -0.2) is 0 Å². The molecule has 1 heterocycles. The molecule has 0 aliphatic carbocycles. The fraction of sp³-hybridized carbons (Fsp3) is 0.188. The van der Waals surface area contributed by atoms with E-state index in [1.54, 1.807) is 42.6 Å². The molecule has 1 aromatic heterocycles. The van der Waals surface area contributed by atoms with E-state index in [9.17, 15) is 9.59 Å². The third-order valence-corrected chi connectivity index (χ3v) is 2.79. The summed E-state index contributed by atoms with van der Waals surface area (Å²) in [5, 5.41) is 5.03. The summed E-state index contributed by atoms with van der Waals surface area (Å²) in [6.45, 7) is 2.67. The molecule has 2 aromatic rings. The predicted molar refractivity (Wildman–Crippen MR) is 82.3 cm³/mol. The van der Waals surface area contributed by atoms with E-state index in [1.165, 1.54) is 0 Å². The Balaban J connectivity index is 1.84. The summed E-state index contributed by atoms with van der Waals surface area (Å²) in [6.07, 6.45) is 1.63. The highest BCUT2D eigenvalue weighted by Gasteiger charge is 2.13. The second-order valence-electron chi connectivity index (χ2n) is 4.42. The quantitative estimate of drug-likeness (QED) is 0.824. The highest BCUT2D eigenvalue weighted by atomic mass is 16.5. The maximum absolute atomic E-state index is 11.8. The van der Waals surface area contributed by atoms with E-state index in [1.807, 2.05) is 13.0 Å². The Hall–Kier alpha value is -2.89. The van der Waals surface area contributed by atoms with Crippen molar-refractivity contribution in [3.05, 3.63) is 54.4 Å². The van der Waals surface area contributed by atoms with Gasteiger partial charge in [-0.1, -0.05) is 6.07 Å². The smallest absolute Gasteiger partial charge is 0.313 e. The Bertz CT molecular complexity index is 627. The molecular weight excluding hydrogens is 282 g/mol. The molecular formula is C16H17N3O3. The van der Waals surface area contributed by atoms with Gasteiger partial charge in [0, 0.05) is 11.9 Å². The number of amides is 2. The van der Waals surface area contributed by atoms with Gasteiger partial charge in [0.15, 0.2) is 0 Å². The van der Waals surface area contributed by atoms with Crippen LogP contribution in [0.1, 0.15) is 12.6 Å². The van der Waals surface area contributed by atoms with Crippen molar-refractivity contribution in [2.75, 3.05) is 11.9 Å². The van der Waals surface area contributed by atoms with Crippen molar-refractivity contribution in [1.29, 1.82) is 0 Å². The summed E-state index contributed by atoms with van der Waals surface area (Å²) < 4.78 is 5.30. The van der Waals surface area contributed by atoms with E-state index in [0.717, 1.165) is 0 Å². The molecule has 0 aliphatic heterocycles. The van der Waals surface area contributed by atoms with E-state index >= 15 is 0 Å². The second-order valence-corrected chi connectivity index (χ2v) is 4.42. The first kappa shape index (κ1) is 15.5. The molecule has 22 heavy (non-hydrogen) atoms. The van der Waals surface area contributed by atoms with Crippen LogP contribution in [-0.2, 0) is 16.1 Å². The lowest BCUT2D eigenvalue weighted by Gasteiger charge is -2.07. The largest absolute Gasteiger partial charge is 0.494 e. The zero-order valence-corrected chi connectivity index (χ0v) is 12.2. The highest BCUT2D eigenvalue weighted by Crippen LogP contribution is 2.15. The third kappa shape index (κ3) is 4.59. The summed E-state index contributed by atoms with van der Waals surface area (Å²) in [4.78, 5) is 27.5. The topological polar surface area (TPSA) is 80.3 Å². The Labute approximate surface area is 128 Å². The Kier molecular flexibility index (Phi) is 5.48. The first-order chi connectivity index (χ1) is 10.7. The van der Waals surface area contributed by atoms with Crippen molar-refractivity contribution < 1.29 is 14.3 Å². The molecule has 0 fully saturated rings. The minimum atomic E-state index is -0.722. The summed E-state index contributed by atoms with van der Waals surface area (Å²) in [7, 11) is 0. The number of carbonyl (C=O) groups excluding carboxylic acids is 2. The van der Waals surface area contributed by atoms with Gasteiger partial charge in [-0.3, -0.25) is 14.6 Å². The predicted octanol–water partition coefficient (Wildman–Crippen LogP) is 1.74. The molecule has 0 radical (unpaired) electrons. The Morgan fingerprint density at radius 3 is 2.50 bits per heavy atom. The number of hydrogen-bond donors (Lipinski definition) is 2. The van der Waals surface area contributed by atoms with Crippen LogP contribution < -0.4 is 15.4 Å². The van der Waals surface area contributed by atoms with E-state index < -0.39 is 11.8 Å². The van der Waals surface area contributed by atoms with Crippen LogP contribution in [0.5, 0.6) is 5.75 Å². The van der Waals surface area contributed by atoms with Crippen molar-refractivity contribution >= 4 is 17.5 Å². The van der Waals surface area contributed by atoms with E-state index in [4.69, 9.17) is 4.74 Å². The van der Waals surface area contributed by atoms with Crippen LogP contribution in [0.4, 0.5) is 5.69 Å². The maximum Gasteiger partial charge on any atom is 0.313 e. The van der Waals surface area contributed by atoms with Crippen molar-refractivity contribution in [3.63, 3.8) is 0 Å². The van der Waals surface area contributed by atoms with E-state index in [-0.39, 0.29) is 6.54 Å². The lowest BCUT2D eigenvalue weighted by Crippen LogP contribution is -2.35. The number of carbonyl (C=O) groups is 2. The average Bonchev–Trinajstić information content (AvgIpc) is 2.55. The number of benzene rings is 1. The van der Waals surface area contributed by atoms with E-state index in [2.05, 4.69) is 15.6 Å². The summed E-state index contributed by atoms with van der Waals surface area (Å²) in [5.74, 6) is -0.722. The molecule has 0 bridgehead atoms. The molecule has 114 valence electrons. The van der Waals surface area contributed by atoms with Crippen LogP contribution in [0, 0.1) is 0 Å². The number of hydrogen-bond acceptors (Lipinski definition) is 4. The van der Waals surface area contributed by atoms with Gasteiger partial charge < -0.3 is 15.4 Å². The standard InChI is InChI=1S/C16H17N3O3/c1-2-22-14-8-6-12(7-9-14)19-16(21)15(20)18-11-13-5-3-4-10-17-13/h3-10H,2,11H2,1H3,(H,18,20)(H,19,21). The molecule has 0 spiro atoms. The van der Waals surface area contributed by atoms with Gasteiger partial charge >= 0.3 is 11.8 Å². The van der Waals surface area contributed by atoms with Gasteiger partial charge in [-0.15, -0.1) is 0 Å². The number of anilines is 1. The van der Waals surface area contributed by atoms with Crippen LogP contribution in [-0.4, -0.2) is 23.4 Å². The first-order valence-electron chi connectivity index (χ1n) is 6.91. The van der Waals surface area contributed by atoms with Gasteiger partial charge in [0.25, 0.3) is 0 Å². The zero-order valence-electron chi connectivity index (χ0n) is 12.2. The molecule has 2 amide bonds. The van der Waals surface area contributed by atoms with Crippen LogP contribution in [0.3, 0.4) is 0 Å². The number of nitrogens with zero attached hydrogens (tertiary/aromatic N) is 1. The maximum atomic E-state index is 11.8. The Morgan fingerprint density at radius 2 is 1.86 bits per heavy atom. The normalized spacial score (nSPS) is 9.86. The van der Waals surface area contributed by atoms with Crippen LogP contribution in [0.25, 0.3) is 0 Å². The molecule has 6 nitrogen and oxygen atoms in total. The lowest BCUT2D eigenvalue weighted by molar-refractivity contribution is -0.136. The summed E-state index contributed by atoms with van der Waals surface area (Å²) in [5.41, 5.74) is 1.21.